The molecule has 0 fully saturated rings. The van der Waals surface area contributed by atoms with E-state index in [1.54, 1.807) is 24.3 Å². The van der Waals surface area contributed by atoms with Crippen molar-refractivity contribution in [1.29, 1.82) is 5.26 Å². The first-order valence-corrected chi connectivity index (χ1v) is 8.35. The van der Waals surface area contributed by atoms with Gasteiger partial charge in [0.05, 0.1) is 0 Å². The van der Waals surface area contributed by atoms with Gasteiger partial charge in [0.15, 0.2) is 6.61 Å². The van der Waals surface area contributed by atoms with Gasteiger partial charge in [-0.1, -0.05) is 37.3 Å². The van der Waals surface area contributed by atoms with Gasteiger partial charge in [0, 0.05) is 18.3 Å². The molecule has 0 heterocycles. The van der Waals surface area contributed by atoms with Crippen LogP contribution in [0.2, 0.25) is 0 Å². The largest absolute Gasteiger partial charge is 0.479 e. The molecule has 0 aliphatic carbocycles. The van der Waals surface area contributed by atoms with Gasteiger partial charge in [0.25, 0.3) is 0 Å². The zero-order chi connectivity index (χ0) is 18.1. The number of anilines is 1. The first-order valence-electron chi connectivity index (χ1n) is 8.35. The molecule has 2 rings (SSSR count). The summed E-state index contributed by atoms with van der Waals surface area (Å²) in [5.41, 5.74) is 1.79. The molecule has 0 saturated heterocycles. The fraction of sp³-hybridized carbons (Fsp3) is 0.300. The number of amides is 2. The Bertz CT molecular complexity index is 708. The van der Waals surface area contributed by atoms with Crippen molar-refractivity contribution in [2.24, 2.45) is 0 Å². The molecule has 0 aliphatic heterocycles. The van der Waals surface area contributed by atoms with Gasteiger partial charge in [0.1, 0.15) is 11.8 Å². The topological polar surface area (TPSA) is 65.4 Å². The summed E-state index contributed by atoms with van der Waals surface area (Å²) in [5, 5.41) is 11.4. The second-order valence-corrected chi connectivity index (χ2v) is 5.77. The fourth-order valence-corrected chi connectivity index (χ4v) is 2.37. The molecule has 0 radical (unpaired) electrons. The highest BCUT2D eigenvalue weighted by Crippen LogP contribution is 2.18. The molecule has 0 aliphatic rings. The monoisotopic (exact) mass is 337 g/mol. The van der Waals surface area contributed by atoms with Crippen LogP contribution in [0.25, 0.3) is 0 Å². The molecule has 0 aromatic heterocycles. The lowest BCUT2D eigenvalue weighted by atomic mass is 10.1. The van der Waals surface area contributed by atoms with E-state index in [0.717, 1.165) is 12.0 Å². The predicted octanol–water partition coefficient (Wildman–Crippen LogP) is 4.42. The summed E-state index contributed by atoms with van der Waals surface area (Å²) in [7, 11) is 0. The minimum atomic E-state index is -0.135. The fourth-order valence-electron chi connectivity index (χ4n) is 2.37. The number of hydrogen-bond donors (Lipinski definition) is 1. The van der Waals surface area contributed by atoms with Crippen molar-refractivity contribution in [2.75, 3.05) is 11.9 Å². The molecule has 5 heteroatoms. The van der Waals surface area contributed by atoms with Gasteiger partial charge in [-0.05, 0) is 43.2 Å². The summed E-state index contributed by atoms with van der Waals surface area (Å²) in [5.74, 6) is 0.600. The zero-order valence-corrected chi connectivity index (χ0v) is 14.6. The number of carbonyl (C=O) groups excluding carboxylic acids is 1. The van der Waals surface area contributed by atoms with E-state index >= 15 is 0 Å². The second-order valence-electron chi connectivity index (χ2n) is 5.77. The van der Waals surface area contributed by atoms with Crippen LogP contribution in [-0.2, 0) is 6.54 Å². The number of ether oxygens (including phenoxy) is 1. The maximum absolute atomic E-state index is 12.7. The van der Waals surface area contributed by atoms with E-state index in [1.807, 2.05) is 48.2 Å². The molecule has 1 unspecified atom stereocenters. The number of nitriles is 1. The van der Waals surface area contributed by atoms with Crippen LogP contribution in [0.1, 0.15) is 25.8 Å². The Morgan fingerprint density at radius 1 is 1.20 bits per heavy atom. The zero-order valence-electron chi connectivity index (χ0n) is 14.6. The molecule has 130 valence electrons. The quantitative estimate of drug-likeness (QED) is 0.813. The van der Waals surface area contributed by atoms with Gasteiger partial charge in [-0.2, -0.15) is 5.26 Å². The molecule has 2 aromatic carbocycles. The summed E-state index contributed by atoms with van der Waals surface area (Å²) in [6.07, 6.45) is 0.876. The Hall–Kier alpha value is -3.00. The number of hydrogen-bond acceptors (Lipinski definition) is 3. The van der Waals surface area contributed by atoms with Gasteiger partial charge in [-0.3, -0.25) is 0 Å². The summed E-state index contributed by atoms with van der Waals surface area (Å²) in [4.78, 5) is 14.5. The molecule has 5 nitrogen and oxygen atoms in total. The van der Waals surface area contributed by atoms with Gasteiger partial charge >= 0.3 is 6.03 Å². The van der Waals surface area contributed by atoms with Crippen LogP contribution in [0.4, 0.5) is 10.5 Å². The van der Waals surface area contributed by atoms with Gasteiger partial charge in [0.2, 0.25) is 0 Å². The first-order chi connectivity index (χ1) is 12.1. The van der Waals surface area contributed by atoms with Crippen LogP contribution in [0.3, 0.4) is 0 Å². The molecule has 25 heavy (non-hydrogen) atoms. The maximum atomic E-state index is 12.7. The molecule has 1 atom stereocenters. The molecule has 0 saturated carbocycles. The summed E-state index contributed by atoms with van der Waals surface area (Å²) in [6.45, 7) is 4.67. The third-order valence-corrected chi connectivity index (χ3v) is 3.99. The average molecular weight is 337 g/mol. The Morgan fingerprint density at radius 3 is 2.48 bits per heavy atom. The van der Waals surface area contributed by atoms with E-state index in [9.17, 15) is 4.79 Å². The predicted molar refractivity (Wildman–Crippen MR) is 98.3 cm³/mol. The lowest BCUT2D eigenvalue weighted by Gasteiger charge is -2.29. The number of nitrogens with zero attached hydrogens (tertiary/aromatic N) is 2. The van der Waals surface area contributed by atoms with Crippen LogP contribution >= 0.6 is 0 Å². The van der Waals surface area contributed by atoms with E-state index in [-0.39, 0.29) is 18.7 Å². The van der Waals surface area contributed by atoms with Gasteiger partial charge in [-0.25, -0.2) is 4.79 Å². The lowest BCUT2D eigenvalue weighted by Crippen LogP contribution is -2.40. The number of urea groups is 1. The summed E-state index contributed by atoms with van der Waals surface area (Å²) >= 11 is 0. The highest BCUT2D eigenvalue weighted by molar-refractivity contribution is 5.89. The van der Waals surface area contributed by atoms with E-state index in [0.29, 0.717) is 18.0 Å². The summed E-state index contributed by atoms with van der Waals surface area (Å²) < 4.78 is 5.21. The highest BCUT2D eigenvalue weighted by Gasteiger charge is 2.19. The lowest BCUT2D eigenvalue weighted by molar-refractivity contribution is 0.187. The SMILES string of the molecule is CCC(C)N(Cc1ccccc1)C(=O)Nc1ccc(OCC#N)cc1. The third-order valence-electron chi connectivity index (χ3n) is 3.99. The number of carbonyl (C=O) groups is 1. The normalized spacial score (nSPS) is 11.2. The van der Waals surface area contributed by atoms with E-state index in [1.165, 1.54) is 0 Å². The first kappa shape index (κ1) is 18.3. The van der Waals surface area contributed by atoms with Crippen LogP contribution in [-0.4, -0.2) is 23.6 Å². The van der Waals surface area contributed by atoms with Gasteiger partial charge < -0.3 is 15.0 Å². The summed E-state index contributed by atoms with van der Waals surface area (Å²) in [6, 6.07) is 18.9. The number of rotatable bonds is 7. The van der Waals surface area contributed by atoms with Crippen LogP contribution in [0.15, 0.2) is 54.6 Å². The van der Waals surface area contributed by atoms with Crippen LogP contribution in [0.5, 0.6) is 5.75 Å². The smallest absolute Gasteiger partial charge is 0.322 e. The Morgan fingerprint density at radius 2 is 1.88 bits per heavy atom. The Balaban J connectivity index is 2.05. The molecular weight excluding hydrogens is 314 g/mol. The van der Waals surface area contributed by atoms with Crippen molar-refractivity contribution in [3.63, 3.8) is 0 Å². The van der Waals surface area contributed by atoms with Crippen molar-refractivity contribution < 1.29 is 9.53 Å². The molecule has 2 aromatic rings. The second kappa shape index (κ2) is 9.33. The van der Waals surface area contributed by atoms with Crippen LogP contribution < -0.4 is 10.1 Å². The number of benzene rings is 2. The minimum Gasteiger partial charge on any atom is -0.479 e. The van der Waals surface area contributed by atoms with Crippen molar-refractivity contribution >= 4 is 11.7 Å². The third kappa shape index (κ3) is 5.54. The molecule has 1 N–H and O–H groups in total. The maximum Gasteiger partial charge on any atom is 0.322 e. The Labute approximate surface area is 148 Å². The van der Waals surface area contributed by atoms with Crippen LogP contribution in [0, 0.1) is 11.3 Å². The highest BCUT2D eigenvalue weighted by atomic mass is 16.5. The van der Waals surface area contributed by atoms with Crippen molar-refractivity contribution in [3.05, 3.63) is 60.2 Å². The molecular formula is C20H23N3O2. The van der Waals surface area contributed by atoms with E-state index < -0.39 is 0 Å². The minimum absolute atomic E-state index is 0.00454. The number of nitrogens with one attached hydrogen (secondary N) is 1. The van der Waals surface area contributed by atoms with Crippen molar-refractivity contribution in [2.45, 2.75) is 32.9 Å². The standard InChI is InChI=1S/C20H23N3O2/c1-3-16(2)23(15-17-7-5-4-6-8-17)20(24)22-18-9-11-19(12-10-18)25-14-13-21/h4-12,16H,3,14-15H2,1-2H3,(H,22,24). The van der Waals surface area contributed by atoms with E-state index in [4.69, 9.17) is 10.00 Å². The molecule has 0 spiro atoms. The Kier molecular flexibility index (Phi) is 6.85. The van der Waals surface area contributed by atoms with Crippen molar-refractivity contribution in [3.8, 4) is 11.8 Å². The van der Waals surface area contributed by atoms with E-state index in [2.05, 4.69) is 12.2 Å². The average Bonchev–Trinajstić information content (AvgIpc) is 2.65. The van der Waals surface area contributed by atoms with Crippen molar-refractivity contribution in [1.82, 2.24) is 4.90 Å². The van der Waals surface area contributed by atoms with Gasteiger partial charge in [-0.15, -0.1) is 0 Å². The molecule has 2 amide bonds. The molecule has 0 bridgehead atoms.